The highest BCUT2D eigenvalue weighted by molar-refractivity contribution is 5.90. The van der Waals surface area contributed by atoms with Crippen LogP contribution in [-0.4, -0.2) is 11.1 Å². The molecule has 2 heteroatoms. The molecule has 2 nitrogen and oxygen atoms in total. The van der Waals surface area contributed by atoms with Crippen LogP contribution < -0.4 is 0 Å². The van der Waals surface area contributed by atoms with Gasteiger partial charge >= 0.3 is 5.97 Å². The van der Waals surface area contributed by atoms with Gasteiger partial charge in [-0.3, -0.25) is 4.79 Å². The molecule has 3 rings (SSSR count). The van der Waals surface area contributed by atoms with Crippen molar-refractivity contribution in [2.75, 3.05) is 0 Å². The fourth-order valence-corrected chi connectivity index (χ4v) is 3.17. The van der Waals surface area contributed by atoms with E-state index in [0.717, 1.165) is 27.8 Å². The molecular weight excluding hydrogens is 296 g/mol. The maximum Gasteiger partial charge on any atom is 0.323 e. The predicted molar refractivity (Wildman–Crippen MR) is 96.3 cm³/mol. The molecule has 0 bridgehead atoms. The van der Waals surface area contributed by atoms with Gasteiger partial charge in [0, 0.05) is 0 Å². The lowest BCUT2D eigenvalue weighted by atomic mass is 9.69. The summed E-state index contributed by atoms with van der Waals surface area (Å²) in [4.78, 5) is 12.6. The van der Waals surface area contributed by atoms with E-state index >= 15 is 0 Å². The second-order valence-corrected chi connectivity index (χ2v) is 6.15. The average Bonchev–Trinajstić information content (AvgIpc) is 2.59. The number of carbonyl (C=O) groups is 1. The standard InChI is InChI=1S/C22H20O2/c1-16-8-12-19(13-9-16)22(21(23)24,18-6-4-3-5-7-18)20-14-10-17(2)11-15-20/h3-15H,1-2H3,(H,23,24). The average molecular weight is 316 g/mol. The third kappa shape index (κ3) is 2.61. The van der Waals surface area contributed by atoms with Crippen molar-refractivity contribution in [1.29, 1.82) is 0 Å². The van der Waals surface area contributed by atoms with Crippen molar-refractivity contribution in [1.82, 2.24) is 0 Å². The number of benzene rings is 3. The molecule has 0 aliphatic carbocycles. The molecule has 0 atom stereocenters. The van der Waals surface area contributed by atoms with Gasteiger partial charge in [0.1, 0.15) is 5.41 Å². The molecule has 0 unspecified atom stereocenters. The third-order valence-electron chi connectivity index (χ3n) is 4.50. The van der Waals surface area contributed by atoms with E-state index in [-0.39, 0.29) is 0 Å². The zero-order valence-corrected chi connectivity index (χ0v) is 13.9. The molecule has 3 aromatic carbocycles. The third-order valence-corrected chi connectivity index (χ3v) is 4.50. The van der Waals surface area contributed by atoms with Crippen LogP contribution in [-0.2, 0) is 10.2 Å². The molecule has 0 amide bonds. The molecule has 3 aromatic rings. The Morgan fingerprint density at radius 2 is 1.04 bits per heavy atom. The van der Waals surface area contributed by atoms with Crippen molar-refractivity contribution < 1.29 is 9.90 Å². The number of hydrogen-bond donors (Lipinski definition) is 1. The Hall–Kier alpha value is -2.87. The molecule has 0 aromatic heterocycles. The predicted octanol–water partition coefficient (Wildman–Crippen LogP) is 4.72. The molecule has 24 heavy (non-hydrogen) atoms. The second-order valence-electron chi connectivity index (χ2n) is 6.15. The van der Waals surface area contributed by atoms with Crippen LogP contribution in [0.1, 0.15) is 27.8 Å². The van der Waals surface area contributed by atoms with Crippen LogP contribution in [0, 0.1) is 13.8 Å². The van der Waals surface area contributed by atoms with Crippen LogP contribution in [0.3, 0.4) is 0 Å². The van der Waals surface area contributed by atoms with E-state index in [9.17, 15) is 9.90 Å². The van der Waals surface area contributed by atoms with Crippen molar-refractivity contribution in [2.45, 2.75) is 19.3 Å². The summed E-state index contributed by atoms with van der Waals surface area (Å²) >= 11 is 0. The van der Waals surface area contributed by atoms with E-state index in [1.54, 1.807) is 0 Å². The lowest BCUT2D eigenvalue weighted by Gasteiger charge is -2.31. The maximum absolute atomic E-state index is 12.6. The second kappa shape index (κ2) is 6.32. The minimum absolute atomic E-state index is 0.755. The largest absolute Gasteiger partial charge is 0.480 e. The summed E-state index contributed by atoms with van der Waals surface area (Å²) in [6.45, 7) is 4.00. The highest BCUT2D eigenvalue weighted by Gasteiger charge is 2.43. The quantitative estimate of drug-likeness (QED) is 0.707. The number of hydrogen-bond acceptors (Lipinski definition) is 1. The molecule has 0 spiro atoms. The van der Waals surface area contributed by atoms with E-state index < -0.39 is 11.4 Å². The SMILES string of the molecule is Cc1ccc(C(C(=O)O)(c2ccccc2)c2ccc(C)cc2)cc1. The normalized spacial score (nSPS) is 11.2. The molecule has 0 fully saturated rings. The molecule has 0 aliphatic rings. The van der Waals surface area contributed by atoms with Crippen molar-refractivity contribution in [2.24, 2.45) is 0 Å². The van der Waals surface area contributed by atoms with Crippen LogP contribution in [0.15, 0.2) is 78.9 Å². The van der Waals surface area contributed by atoms with Gasteiger partial charge in [-0.2, -0.15) is 0 Å². The first-order chi connectivity index (χ1) is 11.5. The monoisotopic (exact) mass is 316 g/mol. The van der Waals surface area contributed by atoms with Crippen molar-refractivity contribution in [3.05, 3.63) is 107 Å². The smallest absolute Gasteiger partial charge is 0.323 e. The summed E-state index contributed by atoms with van der Waals surface area (Å²) < 4.78 is 0. The Balaban J connectivity index is 2.35. The molecule has 0 saturated heterocycles. The zero-order valence-electron chi connectivity index (χ0n) is 13.9. The minimum atomic E-state index is -1.22. The molecular formula is C22H20O2. The Morgan fingerprint density at radius 1 is 0.667 bits per heavy atom. The highest BCUT2D eigenvalue weighted by atomic mass is 16.4. The highest BCUT2D eigenvalue weighted by Crippen LogP contribution is 2.39. The molecule has 120 valence electrons. The molecule has 0 radical (unpaired) electrons. The van der Waals surface area contributed by atoms with Crippen LogP contribution in [0.4, 0.5) is 0 Å². The lowest BCUT2D eigenvalue weighted by molar-refractivity contribution is -0.140. The summed E-state index contributed by atoms with van der Waals surface area (Å²) in [6.07, 6.45) is 0. The topological polar surface area (TPSA) is 37.3 Å². The fourth-order valence-electron chi connectivity index (χ4n) is 3.17. The summed E-state index contributed by atoms with van der Waals surface area (Å²) in [5.41, 5.74) is 3.27. The van der Waals surface area contributed by atoms with Gasteiger partial charge in [-0.25, -0.2) is 0 Å². The Bertz CT molecular complexity index is 786. The number of carboxylic acid groups (broad SMARTS) is 1. The van der Waals surface area contributed by atoms with Gasteiger partial charge in [-0.1, -0.05) is 90.0 Å². The van der Waals surface area contributed by atoms with Gasteiger partial charge in [0.05, 0.1) is 0 Å². The Labute approximate surface area is 142 Å². The number of aryl methyl sites for hydroxylation is 2. The minimum Gasteiger partial charge on any atom is -0.480 e. The van der Waals surface area contributed by atoms with Gasteiger partial charge in [0.2, 0.25) is 0 Å². The van der Waals surface area contributed by atoms with Gasteiger partial charge < -0.3 is 5.11 Å². The van der Waals surface area contributed by atoms with Crippen LogP contribution in [0.25, 0.3) is 0 Å². The number of rotatable bonds is 4. The van der Waals surface area contributed by atoms with E-state index in [0.29, 0.717) is 0 Å². The van der Waals surface area contributed by atoms with E-state index in [4.69, 9.17) is 0 Å². The van der Waals surface area contributed by atoms with Crippen LogP contribution in [0.2, 0.25) is 0 Å². The van der Waals surface area contributed by atoms with Crippen molar-refractivity contribution in [3.8, 4) is 0 Å². The van der Waals surface area contributed by atoms with E-state index in [1.165, 1.54) is 0 Å². The first kappa shape index (κ1) is 16.0. The van der Waals surface area contributed by atoms with E-state index in [2.05, 4.69) is 0 Å². The molecule has 0 saturated carbocycles. The summed E-state index contributed by atoms with van der Waals surface area (Å²) in [7, 11) is 0. The van der Waals surface area contributed by atoms with Gasteiger partial charge in [-0.15, -0.1) is 0 Å². The van der Waals surface area contributed by atoms with Crippen molar-refractivity contribution in [3.63, 3.8) is 0 Å². The number of carboxylic acids is 1. The lowest BCUT2D eigenvalue weighted by Crippen LogP contribution is -2.38. The van der Waals surface area contributed by atoms with Gasteiger partial charge in [-0.05, 0) is 30.5 Å². The fraction of sp³-hybridized carbons (Fsp3) is 0.136. The molecule has 0 aliphatic heterocycles. The van der Waals surface area contributed by atoms with Crippen LogP contribution >= 0.6 is 0 Å². The maximum atomic E-state index is 12.6. The van der Waals surface area contributed by atoms with E-state index in [1.807, 2.05) is 92.7 Å². The molecule has 1 N–H and O–H groups in total. The molecule has 0 heterocycles. The summed E-state index contributed by atoms with van der Waals surface area (Å²) in [6, 6.07) is 24.9. The van der Waals surface area contributed by atoms with Gasteiger partial charge in [0.25, 0.3) is 0 Å². The Kier molecular flexibility index (Phi) is 4.22. The van der Waals surface area contributed by atoms with Gasteiger partial charge in [0.15, 0.2) is 0 Å². The first-order valence-electron chi connectivity index (χ1n) is 7.98. The first-order valence-corrected chi connectivity index (χ1v) is 7.98. The number of aliphatic carboxylic acids is 1. The van der Waals surface area contributed by atoms with Crippen molar-refractivity contribution >= 4 is 5.97 Å². The van der Waals surface area contributed by atoms with Crippen LogP contribution in [0.5, 0.6) is 0 Å². The summed E-state index contributed by atoms with van der Waals surface area (Å²) in [5, 5.41) is 10.3. The Morgan fingerprint density at radius 3 is 1.42 bits per heavy atom. The zero-order chi connectivity index (χ0) is 17.2. The summed E-state index contributed by atoms with van der Waals surface area (Å²) in [5.74, 6) is -0.874.